The first-order valence-corrected chi connectivity index (χ1v) is 8.15. The monoisotopic (exact) mass is 333 g/mol. The van der Waals surface area contributed by atoms with Crippen molar-refractivity contribution >= 4 is 27.6 Å². The number of aliphatic hydroxyl groups is 1. The fourth-order valence-corrected chi connectivity index (χ4v) is 4.13. The predicted molar refractivity (Wildman–Crippen MR) is 76.9 cm³/mol. The number of carbonyl (C=O) groups is 1. The lowest BCUT2D eigenvalue weighted by Crippen LogP contribution is -2.61. The number of hydrogen-bond donors (Lipinski definition) is 3. The van der Waals surface area contributed by atoms with Crippen LogP contribution in [0.25, 0.3) is 0 Å². The van der Waals surface area contributed by atoms with Crippen LogP contribution in [0.1, 0.15) is 30.6 Å². The van der Waals surface area contributed by atoms with Crippen LogP contribution in [0.2, 0.25) is 5.02 Å². The second-order valence-electron chi connectivity index (χ2n) is 5.70. The zero-order chi connectivity index (χ0) is 16.0. The second-order valence-corrected chi connectivity index (χ2v) is 7.79. The standard InChI is InChI=1S/C13H16ClNO5S/c1-13(2)10(6-11(13)16)15-21(19,20)9-5-7(12(17)18)3-4-8(9)14/h3-5,10-11,15-16H,6H2,1-2H3,(H,17,18). The number of aliphatic hydroxyl groups excluding tert-OH is 1. The number of benzene rings is 1. The van der Waals surface area contributed by atoms with Crippen molar-refractivity contribution in [1.29, 1.82) is 0 Å². The van der Waals surface area contributed by atoms with Gasteiger partial charge < -0.3 is 10.2 Å². The van der Waals surface area contributed by atoms with E-state index >= 15 is 0 Å². The van der Waals surface area contributed by atoms with Crippen LogP contribution < -0.4 is 4.72 Å². The summed E-state index contributed by atoms with van der Waals surface area (Å²) in [5.74, 6) is -1.23. The molecule has 1 aliphatic rings. The molecule has 0 aliphatic heterocycles. The van der Waals surface area contributed by atoms with Crippen molar-refractivity contribution in [3.05, 3.63) is 28.8 Å². The molecule has 0 heterocycles. The maximum absolute atomic E-state index is 12.4. The molecule has 116 valence electrons. The average molecular weight is 334 g/mol. The number of carboxylic acid groups (broad SMARTS) is 1. The van der Waals surface area contributed by atoms with Gasteiger partial charge in [0.2, 0.25) is 10.0 Å². The highest BCUT2D eigenvalue weighted by atomic mass is 35.5. The van der Waals surface area contributed by atoms with E-state index in [2.05, 4.69) is 4.72 Å². The van der Waals surface area contributed by atoms with Crippen LogP contribution in [-0.4, -0.2) is 36.7 Å². The van der Waals surface area contributed by atoms with Gasteiger partial charge >= 0.3 is 5.97 Å². The van der Waals surface area contributed by atoms with Gasteiger partial charge in [-0.1, -0.05) is 25.4 Å². The van der Waals surface area contributed by atoms with Gasteiger partial charge in [-0.15, -0.1) is 0 Å². The largest absolute Gasteiger partial charge is 0.478 e. The van der Waals surface area contributed by atoms with Gasteiger partial charge in [-0.25, -0.2) is 17.9 Å². The Morgan fingerprint density at radius 3 is 2.52 bits per heavy atom. The maximum Gasteiger partial charge on any atom is 0.335 e. The Balaban J connectivity index is 2.32. The molecule has 0 aromatic heterocycles. The molecule has 0 amide bonds. The smallest absolute Gasteiger partial charge is 0.335 e. The quantitative estimate of drug-likeness (QED) is 0.774. The summed E-state index contributed by atoms with van der Waals surface area (Å²) in [7, 11) is -3.96. The van der Waals surface area contributed by atoms with Crippen molar-refractivity contribution in [2.45, 2.75) is 37.3 Å². The zero-order valence-corrected chi connectivity index (χ0v) is 13.1. The number of aromatic carboxylic acids is 1. The molecule has 1 fully saturated rings. The third-order valence-corrected chi connectivity index (χ3v) is 5.93. The van der Waals surface area contributed by atoms with Gasteiger partial charge in [0.15, 0.2) is 0 Å². The van der Waals surface area contributed by atoms with Crippen molar-refractivity contribution in [2.24, 2.45) is 5.41 Å². The van der Waals surface area contributed by atoms with Crippen molar-refractivity contribution in [3.8, 4) is 0 Å². The third kappa shape index (κ3) is 2.91. The first kappa shape index (κ1) is 16.2. The molecule has 1 aromatic carbocycles. The summed E-state index contributed by atoms with van der Waals surface area (Å²) in [4.78, 5) is 10.7. The molecule has 21 heavy (non-hydrogen) atoms. The lowest BCUT2D eigenvalue weighted by Gasteiger charge is -2.49. The van der Waals surface area contributed by atoms with E-state index in [1.165, 1.54) is 12.1 Å². The molecule has 6 nitrogen and oxygen atoms in total. The highest BCUT2D eigenvalue weighted by molar-refractivity contribution is 7.89. The fourth-order valence-electron chi connectivity index (χ4n) is 2.20. The number of hydrogen-bond acceptors (Lipinski definition) is 4. The SMILES string of the molecule is CC1(C)C(O)CC1NS(=O)(=O)c1cc(C(=O)O)ccc1Cl. The van der Waals surface area contributed by atoms with Crippen LogP contribution in [0.15, 0.2) is 23.1 Å². The lowest BCUT2D eigenvalue weighted by atomic mass is 9.65. The van der Waals surface area contributed by atoms with Gasteiger partial charge in [0.25, 0.3) is 0 Å². The molecular formula is C13H16ClNO5S. The molecule has 2 unspecified atom stereocenters. The molecule has 1 aliphatic carbocycles. The van der Waals surface area contributed by atoms with Gasteiger partial charge in [-0.05, 0) is 24.6 Å². The van der Waals surface area contributed by atoms with Gasteiger partial charge in [0.05, 0.1) is 16.7 Å². The number of carboxylic acids is 1. The second kappa shape index (κ2) is 5.24. The molecule has 0 radical (unpaired) electrons. The minimum atomic E-state index is -3.96. The van der Waals surface area contributed by atoms with Crippen molar-refractivity contribution < 1.29 is 23.4 Å². The van der Waals surface area contributed by atoms with E-state index in [-0.39, 0.29) is 15.5 Å². The van der Waals surface area contributed by atoms with Gasteiger partial charge in [-0.2, -0.15) is 0 Å². The number of sulfonamides is 1. The normalized spacial score (nSPS) is 24.4. The summed E-state index contributed by atoms with van der Waals surface area (Å²) in [5, 5.41) is 18.5. The van der Waals surface area contributed by atoms with Crippen LogP contribution in [0.3, 0.4) is 0 Å². The van der Waals surface area contributed by atoms with Gasteiger partial charge in [0.1, 0.15) is 4.90 Å². The molecular weight excluding hydrogens is 318 g/mol. The van der Waals surface area contributed by atoms with Crippen LogP contribution in [0.5, 0.6) is 0 Å². The summed E-state index contributed by atoms with van der Waals surface area (Å²) in [5.41, 5.74) is -0.739. The summed E-state index contributed by atoms with van der Waals surface area (Å²) in [6.07, 6.45) is -0.270. The van der Waals surface area contributed by atoms with E-state index in [9.17, 15) is 18.3 Å². The van der Waals surface area contributed by atoms with Crippen LogP contribution in [-0.2, 0) is 10.0 Å². The third-order valence-electron chi connectivity index (χ3n) is 3.98. The van der Waals surface area contributed by atoms with E-state index < -0.39 is 33.6 Å². The summed E-state index contributed by atoms with van der Waals surface area (Å²) in [6, 6.07) is 3.07. The highest BCUT2D eigenvalue weighted by Crippen LogP contribution is 2.41. The first-order chi connectivity index (χ1) is 9.55. The topological polar surface area (TPSA) is 104 Å². The molecule has 0 bridgehead atoms. The Bertz CT molecular complexity index is 686. The van der Waals surface area contributed by atoms with Gasteiger partial charge in [0, 0.05) is 11.5 Å². The van der Waals surface area contributed by atoms with Gasteiger partial charge in [-0.3, -0.25) is 0 Å². The number of rotatable bonds is 4. The Morgan fingerprint density at radius 1 is 1.43 bits per heavy atom. The van der Waals surface area contributed by atoms with E-state index in [1.54, 1.807) is 13.8 Å². The molecule has 2 atom stereocenters. The van der Waals surface area contributed by atoms with Crippen LogP contribution in [0.4, 0.5) is 0 Å². The lowest BCUT2D eigenvalue weighted by molar-refractivity contribution is -0.0645. The van der Waals surface area contributed by atoms with E-state index in [0.717, 1.165) is 6.07 Å². The number of halogens is 1. The van der Waals surface area contributed by atoms with Crippen molar-refractivity contribution in [3.63, 3.8) is 0 Å². The first-order valence-electron chi connectivity index (χ1n) is 6.29. The highest BCUT2D eigenvalue weighted by Gasteiger charge is 2.49. The Morgan fingerprint density at radius 2 is 2.05 bits per heavy atom. The predicted octanol–water partition coefficient (Wildman–Crippen LogP) is 1.48. The van der Waals surface area contributed by atoms with Crippen molar-refractivity contribution in [1.82, 2.24) is 4.72 Å². The molecule has 0 spiro atoms. The van der Waals surface area contributed by atoms with E-state index in [4.69, 9.17) is 16.7 Å². The fraction of sp³-hybridized carbons (Fsp3) is 0.462. The summed E-state index contributed by atoms with van der Waals surface area (Å²) >= 11 is 5.87. The molecule has 3 N–H and O–H groups in total. The summed E-state index contributed by atoms with van der Waals surface area (Å²) < 4.78 is 27.2. The van der Waals surface area contributed by atoms with E-state index in [0.29, 0.717) is 6.42 Å². The molecule has 8 heteroatoms. The number of nitrogens with one attached hydrogen (secondary N) is 1. The van der Waals surface area contributed by atoms with Crippen molar-refractivity contribution in [2.75, 3.05) is 0 Å². The van der Waals surface area contributed by atoms with E-state index in [1.807, 2.05) is 0 Å². The minimum absolute atomic E-state index is 0.0508. The van der Waals surface area contributed by atoms with Crippen LogP contribution in [0, 0.1) is 5.41 Å². The zero-order valence-electron chi connectivity index (χ0n) is 11.5. The Hall–Kier alpha value is -1.15. The van der Waals surface area contributed by atoms with Crippen LogP contribution >= 0.6 is 11.6 Å². The maximum atomic E-state index is 12.4. The molecule has 0 saturated heterocycles. The molecule has 1 saturated carbocycles. The molecule has 1 aromatic rings. The average Bonchev–Trinajstić information content (AvgIpc) is 2.38. The Labute approximate surface area is 127 Å². The molecule has 2 rings (SSSR count). The summed E-state index contributed by atoms with van der Waals surface area (Å²) in [6.45, 7) is 3.51. The minimum Gasteiger partial charge on any atom is -0.478 e. The Kier molecular flexibility index (Phi) is 4.05.